The van der Waals surface area contributed by atoms with Crippen LogP contribution in [0.5, 0.6) is 0 Å². The van der Waals surface area contributed by atoms with Crippen LogP contribution in [-0.2, 0) is 0 Å². The van der Waals surface area contributed by atoms with E-state index in [1.807, 2.05) is 12.1 Å². The highest BCUT2D eigenvalue weighted by molar-refractivity contribution is 5.95. The third kappa shape index (κ3) is 3.10. The van der Waals surface area contributed by atoms with Gasteiger partial charge < -0.3 is 0 Å². The zero-order chi connectivity index (χ0) is 17.9. The Hall–Kier alpha value is -3.02. The molecule has 1 aliphatic carbocycles. The van der Waals surface area contributed by atoms with E-state index in [-0.39, 0.29) is 17.2 Å². The first-order valence-electron chi connectivity index (χ1n) is 8.97. The maximum absolute atomic E-state index is 13.0. The van der Waals surface area contributed by atoms with Crippen LogP contribution < -0.4 is 11.0 Å². The van der Waals surface area contributed by atoms with E-state index in [1.165, 1.54) is 34.4 Å². The van der Waals surface area contributed by atoms with E-state index in [9.17, 15) is 9.59 Å². The van der Waals surface area contributed by atoms with E-state index in [0.29, 0.717) is 11.1 Å². The molecule has 0 atom stereocenters. The predicted octanol–water partition coefficient (Wildman–Crippen LogP) is 2.42. The van der Waals surface area contributed by atoms with Crippen molar-refractivity contribution in [3.05, 3.63) is 76.4 Å². The van der Waals surface area contributed by atoms with Gasteiger partial charge in [-0.15, -0.1) is 0 Å². The van der Waals surface area contributed by atoms with Crippen LogP contribution in [0, 0.1) is 0 Å². The molecular weight excluding hydrogens is 328 g/mol. The molecule has 26 heavy (non-hydrogen) atoms. The van der Waals surface area contributed by atoms with Gasteiger partial charge in [0.1, 0.15) is 16.7 Å². The molecule has 1 aliphatic rings. The number of rotatable bonds is 2. The van der Waals surface area contributed by atoms with Gasteiger partial charge in [-0.25, -0.2) is 4.98 Å². The summed E-state index contributed by atoms with van der Waals surface area (Å²) in [6, 6.07) is 11.0. The number of pyridine rings is 2. The summed E-state index contributed by atoms with van der Waals surface area (Å²) in [5.74, 6) is -0.407. The molecule has 132 valence electrons. The van der Waals surface area contributed by atoms with E-state index >= 15 is 0 Å². The van der Waals surface area contributed by atoms with Gasteiger partial charge in [0.15, 0.2) is 0 Å². The number of hydrogen-bond donors (Lipinski definition) is 0. The molecule has 3 heterocycles. The van der Waals surface area contributed by atoms with E-state index in [2.05, 4.69) is 4.98 Å². The zero-order valence-electron chi connectivity index (χ0n) is 14.4. The summed E-state index contributed by atoms with van der Waals surface area (Å²) in [5.41, 5.74) is 0.756. The van der Waals surface area contributed by atoms with Crippen molar-refractivity contribution in [3.8, 4) is 0 Å². The number of hydrogen-bond acceptors (Lipinski definition) is 4. The Bertz CT molecular complexity index is 1070. The van der Waals surface area contributed by atoms with Crippen LogP contribution in [-0.4, -0.2) is 25.9 Å². The first-order valence-corrected chi connectivity index (χ1v) is 8.97. The zero-order valence-corrected chi connectivity index (χ0v) is 14.4. The SMILES string of the molecule is O=C(c1cnc2ccccn2c1=O)n1ccccc1=NC1CCCCC1. The smallest absolute Gasteiger partial charge is 0.268 e. The Balaban J connectivity index is 1.79. The number of fused-ring (bicyclic) bond motifs is 1. The monoisotopic (exact) mass is 348 g/mol. The molecule has 0 spiro atoms. The highest BCUT2D eigenvalue weighted by atomic mass is 16.2. The van der Waals surface area contributed by atoms with Crippen LogP contribution in [0.15, 0.2) is 64.8 Å². The van der Waals surface area contributed by atoms with Crippen molar-refractivity contribution in [1.29, 1.82) is 0 Å². The van der Waals surface area contributed by atoms with Gasteiger partial charge in [0.05, 0.1) is 6.04 Å². The van der Waals surface area contributed by atoms with Crippen LogP contribution in [0.3, 0.4) is 0 Å². The van der Waals surface area contributed by atoms with E-state index in [0.717, 1.165) is 12.8 Å². The van der Waals surface area contributed by atoms with Crippen molar-refractivity contribution >= 4 is 11.6 Å². The first kappa shape index (κ1) is 16.4. The highest BCUT2D eigenvalue weighted by Crippen LogP contribution is 2.19. The molecule has 1 fully saturated rings. The Morgan fingerprint density at radius 1 is 1.04 bits per heavy atom. The quantitative estimate of drug-likeness (QED) is 0.714. The summed E-state index contributed by atoms with van der Waals surface area (Å²) in [6.45, 7) is 0. The van der Waals surface area contributed by atoms with Crippen molar-refractivity contribution in [2.24, 2.45) is 4.99 Å². The molecule has 0 radical (unpaired) electrons. The maximum Gasteiger partial charge on any atom is 0.270 e. The summed E-state index contributed by atoms with van der Waals surface area (Å²) in [5, 5.41) is 0. The van der Waals surface area contributed by atoms with Gasteiger partial charge in [-0.1, -0.05) is 31.4 Å². The summed E-state index contributed by atoms with van der Waals surface area (Å²) in [4.78, 5) is 34.7. The summed E-state index contributed by atoms with van der Waals surface area (Å²) >= 11 is 0. The average molecular weight is 348 g/mol. The molecule has 0 N–H and O–H groups in total. The van der Waals surface area contributed by atoms with Gasteiger partial charge in [0.2, 0.25) is 0 Å². The molecule has 4 rings (SSSR count). The van der Waals surface area contributed by atoms with Gasteiger partial charge in [0, 0.05) is 18.6 Å². The first-order chi connectivity index (χ1) is 12.7. The molecule has 0 amide bonds. The molecule has 1 saturated carbocycles. The minimum absolute atomic E-state index is 0.0324. The van der Waals surface area contributed by atoms with Crippen molar-refractivity contribution in [2.45, 2.75) is 38.1 Å². The van der Waals surface area contributed by atoms with Crippen molar-refractivity contribution in [3.63, 3.8) is 0 Å². The Morgan fingerprint density at radius 2 is 1.81 bits per heavy atom. The van der Waals surface area contributed by atoms with Gasteiger partial charge in [-0.3, -0.25) is 23.5 Å². The van der Waals surface area contributed by atoms with E-state index < -0.39 is 5.91 Å². The standard InChI is InChI=1S/C20H20N4O2/c25-19-16(14-21-17-10-4-6-12-23(17)19)20(26)24-13-7-5-11-18(24)22-15-8-2-1-3-9-15/h4-7,10-15H,1-3,8-9H2. The molecule has 6 nitrogen and oxygen atoms in total. The molecule has 0 saturated heterocycles. The van der Waals surface area contributed by atoms with Crippen LogP contribution in [0.1, 0.15) is 42.5 Å². The number of carbonyl (C=O) groups is 1. The number of aromatic nitrogens is 3. The summed E-state index contributed by atoms with van der Waals surface area (Å²) < 4.78 is 2.83. The van der Waals surface area contributed by atoms with Crippen LogP contribution >= 0.6 is 0 Å². The highest BCUT2D eigenvalue weighted by Gasteiger charge is 2.17. The lowest BCUT2D eigenvalue weighted by Gasteiger charge is -2.17. The van der Waals surface area contributed by atoms with Crippen molar-refractivity contribution in [2.75, 3.05) is 0 Å². The molecule has 0 bridgehead atoms. The minimum Gasteiger partial charge on any atom is -0.268 e. The lowest BCUT2D eigenvalue weighted by Crippen LogP contribution is -2.33. The third-order valence-corrected chi connectivity index (χ3v) is 4.79. The van der Waals surface area contributed by atoms with Crippen molar-refractivity contribution in [1.82, 2.24) is 14.0 Å². The molecule has 3 aromatic heterocycles. The van der Waals surface area contributed by atoms with Crippen LogP contribution in [0.4, 0.5) is 0 Å². The molecule has 0 unspecified atom stereocenters. The largest absolute Gasteiger partial charge is 0.270 e. The maximum atomic E-state index is 13.0. The minimum atomic E-state index is -0.407. The molecule has 0 aromatic carbocycles. The second kappa shape index (κ2) is 7.07. The van der Waals surface area contributed by atoms with Gasteiger partial charge in [-0.05, 0) is 37.1 Å². The van der Waals surface area contributed by atoms with Gasteiger partial charge in [0.25, 0.3) is 11.5 Å². The molecule has 0 aliphatic heterocycles. The average Bonchev–Trinajstić information content (AvgIpc) is 2.69. The molecular formula is C20H20N4O2. The van der Waals surface area contributed by atoms with Crippen molar-refractivity contribution < 1.29 is 4.79 Å². The van der Waals surface area contributed by atoms with Crippen LogP contribution in [0.25, 0.3) is 5.65 Å². The van der Waals surface area contributed by atoms with Crippen LogP contribution in [0.2, 0.25) is 0 Å². The fraction of sp³-hybridized carbons (Fsp3) is 0.300. The lowest BCUT2D eigenvalue weighted by molar-refractivity contribution is 0.0952. The molecule has 6 heteroatoms. The molecule has 3 aromatic rings. The van der Waals surface area contributed by atoms with Gasteiger partial charge in [-0.2, -0.15) is 0 Å². The van der Waals surface area contributed by atoms with E-state index in [1.54, 1.807) is 36.7 Å². The number of nitrogens with zero attached hydrogens (tertiary/aromatic N) is 4. The second-order valence-corrected chi connectivity index (χ2v) is 6.56. The third-order valence-electron chi connectivity index (χ3n) is 4.79. The number of carbonyl (C=O) groups excluding carboxylic acids is 1. The Morgan fingerprint density at radius 3 is 2.65 bits per heavy atom. The lowest BCUT2D eigenvalue weighted by atomic mass is 9.96. The second-order valence-electron chi connectivity index (χ2n) is 6.56. The topological polar surface area (TPSA) is 68.7 Å². The summed E-state index contributed by atoms with van der Waals surface area (Å²) in [7, 11) is 0. The Labute approximate surface area is 150 Å². The van der Waals surface area contributed by atoms with Gasteiger partial charge >= 0.3 is 0 Å². The normalized spacial score (nSPS) is 16.1. The predicted molar refractivity (Wildman–Crippen MR) is 98.1 cm³/mol. The fourth-order valence-electron chi connectivity index (χ4n) is 3.41. The fourth-order valence-corrected chi connectivity index (χ4v) is 3.41. The van der Waals surface area contributed by atoms with E-state index in [4.69, 9.17) is 4.99 Å². The Kier molecular flexibility index (Phi) is 4.48. The summed E-state index contributed by atoms with van der Waals surface area (Å²) in [6.07, 6.45) is 10.3.